The van der Waals surface area contributed by atoms with E-state index in [0.29, 0.717) is 0 Å². The molecule has 0 radical (unpaired) electrons. The van der Waals surface area contributed by atoms with Gasteiger partial charge >= 0.3 is 0 Å². The number of aryl methyl sites for hydroxylation is 3. The van der Waals surface area contributed by atoms with E-state index in [1.165, 1.54) is 186 Å². The summed E-state index contributed by atoms with van der Waals surface area (Å²) in [5.74, 6) is 0. The molecule has 1 nitrogen and oxygen atoms in total. The van der Waals surface area contributed by atoms with Crippen LogP contribution in [0.25, 0.3) is 0 Å². The fourth-order valence-corrected chi connectivity index (χ4v) is 8.35. The minimum absolute atomic E-state index is 0.993. The van der Waals surface area contributed by atoms with Crippen LogP contribution in [0.1, 0.15) is 167 Å². The highest BCUT2D eigenvalue weighted by Crippen LogP contribution is 2.20. The topological polar surface area (TPSA) is 0 Å². The van der Waals surface area contributed by atoms with Crippen molar-refractivity contribution in [3.63, 3.8) is 0 Å². The fourth-order valence-electron chi connectivity index (χ4n) is 8.35. The van der Waals surface area contributed by atoms with Crippen molar-refractivity contribution in [1.82, 2.24) is 0 Å². The predicted octanol–water partition coefficient (Wildman–Crippen LogP) is 13.0. The van der Waals surface area contributed by atoms with Gasteiger partial charge < -0.3 is 4.48 Å². The van der Waals surface area contributed by atoms with Gasteiger partial charge in [-0.2, -0.15) is 22.7 Å². The Kier molecular flexibility index (Phi) is 23.3. The summed E-state index contributed by atoms with van der Waals surface area (Å²) in [7, 11) is 0. The molecule has 0 aliphatic rings. The Labute approximate surface area is 318 Å². The quantitative estimate of drug-likeness (QED) is 0.0445. The standard InChI is InChI=1S/C33H46B.C16H36N/c1-5-6-7-8-9-10-11-12-13-14-27-34(31-21-15-28(2)16-22-31,32-23-17-29(3)18-24-32)33-25-19-30(4)20-26-33;1-5-9-13-17(14-10-6-2,15-11-7-3)16-12-8-4/h15-26H,5-14,27H2,1-4H3;5-16H2,1-4H3/q-1;+1. The summed E-state index contributed by atoms with van der Waals surface area (Å²) in [5, 5.41) is 0. The molecule has 0 aliphatic carbocycles. The summed E-state index contributed by atoms with van der Waals surface area (Å²) in [6.45, 7) is 23.9. The van der Waals surface area contributed by atoms with Gasteiger partial charge in [-0.05, 0) is 46.5 Å². The molecule has 0 fully saturated rings. The summed E-state index contributed by atoms with van der Waals surface area (Å²) in [6, 6.07) is 28.2. The second-order valence-corrected chi connectivity index (χ2v) is 16.4. The SMILES string of the molecule is CCCCCCCCCCCC[B-](c1ccc(C)cc1)(c1ccc(C)cc1)c1ccc(C)cc1.CCCC[N+](CCCC)(CCCC)CCCC. The number of rotatable bonds is 26. The van der Waals surface area contributed by atoms with Crippen molar-refractivity contribution in [2.24, 2.45) is 0 Å². The zero-order valence-corrected chi connectivity index (χ0v) is 35.2. The molecule has 0 heterocycles. The van der Waals surface area contributed by atoms with Crippen molar-refractivity contribution in [3.05, 3.63) is 89.5 Å². The Morgan fingerprint density at radius 2 is 0.588 bits per heavy atom. The highest BCUT2D eigenvalue weighted by atomic mass is 15.3. The third-order valence-corrected chi connectivity index (χ3v) is 11.9. The van der Waals surface area contributed by atoms with Crippen LogP contribution in [0.5, 0.6) is 0 Å². The molecular weight excluding hydrogens is 613 g/mol. The van der Waals surface area contributed by atoms with Crippen LogP contribution in [-0.2, 0) is 0 Å². The number of benzene rings is 3. The van der Waals surface area contributed by atoms with E-state index in [-0.39, 0.29) is 0 Å². The van der Waals surface area contributed by atoms with Gasteiger partial charge in [0.05, 0.1) is 32.3 Å². The lowest BCUT2D eigenvalue weighted by Gasteiger charge is -2.43. The number of hydrogen-bond acceptors (Lipinski definition) is 0. The van der Waals surface area contributed by atoms with E-state index in [0.717, 1.165) is 0 Å². The summed E-state index contributed by atoms with van der Waals surface area (Å²) in [4.78, 5) is 0. The normalized spacial score (nSPS) is 11.8. The highest BCUT2D eigenvalue weighted by molar-refractivity contribution is 7.11. The molecule has 51 heavy (non-hydrogen) atoms. The second kappa shape index (κ2) is 26.4. The molecule has 0 N–H and O–H groups in total. The van der Waals surface area contributed by atoms with E-state index >= 15 is 0 Å². The van der Waals surface area contributed by atoms with Crippen molar-refractivity contribution in [3.8, 4) is 0 Å². The van der Waals surface area contributed by atoms with Gasteiger partial charge in [0.1, 0.15) is 0 Å². The smallest absolute Gasteiger partial charge is 0.0814 e. The first-order chi connectivity index (χ1) is 24.8. The maximum absolute atomic E-state index is 2.39. The number of nitrogens with zero attached hydrogens (tertiary/aromatic N) is 1. The monoisotopic (exact) mass is 696 g/mol. The maximum Gasteiger partial charge on any atom is 0.0814 e. The van der Waals surface area contributed by atoms with E-state index < -0.39 is 6.15 Å². The fraction of sp³-hybridized carbons (Fsp3) is 0.633. The van der Waals surface area contributed by atoms with Crippen LogP contribution in [-0.4, -0.2) is 36.8 Å². The number of quaternary nitrogens is 1. The van der Waals surface area contributed by atoms with Crippen LogP contribution in [0.2, 0.25) is 6.32 Å². The van der Waals surface area contributed by atoms with Crippen LogP contribution in [0.15, 0.2) is 72.8 Å². The molecule has 0 unspecified atom stereocenters. The average molecular weight is 696 g/mol. The molecule has 0 aliphatic heterocycles. The van der Waals surface area contributed by atoms with Crippen LogP contribution >= 0.6 is 0 Å². The average Bonchev–Trinajstić information content (AvgIpc) is 3.15. The lowest BCUT2D eigenvalue weighted by atomic mass is 9.14. The van der Waals surface area contributed by atoms with E-state index in [4.69, 9.17) is 0 Å². The van der Waals surface area contributed by atoms with E-state index in [1.54, 1.807) is 0 Å². The second-order valence-electron chi connectivity index (χ2n) is 16.4. The third kappa shape index (κ3) is 16.1. The van der Waals surface area contributed by atoms with Crippen molar-refractivity contribution in [1.29, 1.82) is 0 Å². The molecule has 2 heteroatoms. The Morgan fingerprint density at radius 1 is 0.333 bits per heavy atom. The van der Waals surface area contributed by atoms with Gasteiger partial charge in [0.15, 0.2) is 0 Å². The van der Waals surface area contributed by atoms with Crippen molar-refractivity contribution < 1.29 is 4.48 Å². The predicted molar refractivity (Wildman–Crippen MR) is 234 cm³/mol. The van der Waals surface area contributed by atoms with Crippen molar-refractivity contribution in [2.45, 2.75) is 177 Å². The molecule has 3 aromatic carbocycles. The first-order valence-electron chi connectivity index (χ1n) is 22.0. The van der Waals surface area contributed by atoms with E-state index in [9.17, 15) is 0 Å². The van der Waals surface area contributed by atoms with Gasteiger partial charge in [0.2, 0.25) is 0 Å². The Bertz CT molecular complexity index is 1090. The summed E-state index contributed by atoms with van der Waals surface area (Å²) in [6.07, 6.45) is 25.1. The summed E-state index contributed by atoms with van der Waals surface area (Å²) < 4.78 is 1.42. The van der Waals surface area contributed by atoms with Crippen molar-refractivity contribution in [2.75, 3.05) is 26.2 Å². The molecule has 0 bridgehead atoms. The Hall–Kier alpha value is -2.32. The van der Waals surface area contributed by atoms with Gasteiger partial charge in [-0.3, -0.25) is 0 Å². The minimum Gasteiger partial charge on any atom is -0.324 e. The molecule has 0 saturated heterocycles. The van der Waals surface area contributed by atoms with E-state index in [2.05, 4.69) is 128 Å². The first kappa shape index (κ1) is 44.8. The zero-order chi connectivity index (χ0) is 37.2. The summed E-state index contributed by atoms with van der Waals surface area (Å²) >= 11 is 0. The molecule has 0 aromatic heterocycles. The lowest BCUT2D eigenvalue weighted by molar-refractivity contribution is -0.929. The van der Waals surface area contributed by atoms with Crippen molar-refractivity contribution >= 4 is 22.5 Å². The van der Waals surface area contributed by atoms with Gasteiger partial charge in [-0.1, -0.05) is 214 Å². The first-order valence-corrected chi connectivity index (χ1v) is 22.0. The number of hydrogen-bond donors (Lipinski definition) is 0. The maximum atomic E-state index is 2.39. The zero-order valence-electron chi connectivity index (χ0n) is 35.2. The molecular formula is C49H82BN. The molecule has 0 atom stereocenters. The molecule has 0 saturated carbocycles. The van der Waals surface area contributed by atoms with Gasteiger partial charge in [0, 0.05) is 0 Å². The van der Waals surface area contributed by atoms with Crippen LogP contribution < -0.4 is 16.4 Å². The third-order valence-electron chi connectivity index (χ3n) is 11.9. The van der Waals surface area contributed by atoms with Crippen LogP contribution in [0.4, 0.5) is 0 Å². The molecule has 3 rings (SSSR count). The molecule has 0 spiro atoms. The Balaban J connectivity index is 0.000000449. The highest BCUT2D eigenvalue weighted by Gasteiger charge is 2.29. The Morgan fingerprint density at radius 3 is 0.863 bits per heavy atom. The molecule has 286 valence electrons. The van der Waals surface area contributed by atoms with Crippen LogP contribution in [0, 0.1) is 20.8 Å². The van der Waals surface area contributed by atoms with Crippen LogP contribution in [0.3, 0.4) is 0 Å². The minimum atomic E-state index is -0.993. The van der Waals surface area contributed by atoms with Gasteiger partial charge in [-0.25, -0.2) is 0 Å². The van der Waals surface area contributed by atoms with E-state index in [1.807, 2.05) is 0 Å². The van der Waals surface area contributed by atoms with Gasteiger partial charge in [-0.15, -0.1) is 0 Å². The largest absolute Gasteiger partial charge is 0.324 e. The molecule has 3 aromatic rings. The summed E-state index contributed by atoms with van der Waals surface area (Å²) in [5.41, 5.74) is 8.44. The lowest BCUT2D eigenvalue weighted by Crippen LogP contribution is -2.67. The van der Waals surface area contributed by atoms with Gasteiger partial charge in [0.25, 0.3) is 0 Å². The number of unbranched alkanes of at least 4 members (excludes halogenated alkanes) is 13. The molecule has 0 amide bonds.